The van der Waals surface area contributed by atoms with Gasteiger partial charge in [0.15, 0.2) is 0 Å². The van der Waals surface area contributed by atoms with Crippen molar-refractivity contribution in [3.8, 4) is 5.75 Å². The number of ether oxygens (including phenoxy) is 1. The van der Waals surface area contributed by atoms with E-state index in [0.29, 0.717) is 11.1 Å². The molecule has 1 aliphatic rings. The fourth-order valence-electron chi connectivity index (χ4n) is 2.41. The lowest BCUT2D eigenvalue weighted by Crippen LogP contribution is -2.42. The molecule has 0 fully saturated rings. The summed E-state index contributed by atoms with van der Waals surface area (Å²) in [7, 11) is 1.21. The summed E-state index contributed by atoms with van der Waals surface area (Å²) >= 11 is 0. The van der Waals surface area contributed by atoms with Crippen LogP contribution in [0, 0.1) is 0 Å². The lowest BCUT2D eigenvalue weighted by molar-refractivity contribution is -0.146. The summed E-state index contributed by atoms with van der Waals surface area (Å²) in [4.78, 5) is 36.4. The number of phenols is 1. The zero-order valence-corrected chi connectivity index (χ0v) is 11.5. The maximum absolute atomic E-state index is 12.3. The van der Waals surface area contributed by atoms with Gasteiger partial charge in [-0.05, 0) is 18.6 Å². The van der Waals surface area contributed by atoms with Crippen molar-refractivity contribution in [3.05, 3.63) is 29.3 Å². The maximum atomic E-state index is 12.3. The molecule has 0 aliphatic carbocycles. The van der Waals surface area contributed by atoms with E-state index < -0.39 is 17.9 Å². The largest absolute Gasteiger partial charge is 0.508 e. The van der Waals surface area contributed by atoms with Crippen LogP contribution in [0.15, 0.2) is 18.2 Å². The lowest BCUT2D eigenvalue weighted by atomic mass is 10.1. The van der Waals surface area contributed by atoms with Gasteiger partial charge in [0, 0.05) is 17.5 Å². The van der Waals surface area contributed by atoms with E-state index in [-0.39, 0.29) is 31.0 Å². The number of nitrogens with two attached hydrogens (primary N) is 1. The van der Waals surface area contributed by atoms with Gasteiger partial charge in [-0.15, -0.1) is 0 Å². The molecule has 0 saturated heterocycles. The number of hydrogen-bond acceptors (Lipinski definition) is 5. The second-order valence-electron chi connectivity index (χ2n) is 4.78. The average molecular weight is 292 g/mol. The molecule has 0 saturated carbocycles. The van der Waals surface area contributed by atoms with Gasteiger partial charge < -0.3 is 20.5 Å². The molecule has 1 aromatic rings. The van der Waals surface area contributed by atoms with Crippen molar-refractivity contribution < 1.29 is 24.2 Å². The Morgan fingerprint density at radius 2 is 2.19 bits per heavy atom. The quantitative estimate of drug-likeness (QED) is 0.751. The fraction of sp³-hybridized carbons (Fsp3) is 0.357. The highest BCUT2D eigenvalue weighted by molar-refractivity contribution is 6.01. The monoisotopic (exact) mass is 292 g/mol. The van der Waals surface area contributed by atoms with Crippen LogP contribution < -0.4 is 5.73 Å². The van der Waals surface area contributed by atoms with E-state index in [1.165, 1.54) is 18.1 Å². The van der Waals surface area contributed by atoms with Crippen molar-refractivity contribution >= 4 is 17.8 Å². The number of carbonyl (C=O) groups is 3. The van der Waals surface area contributed by atoms with Gasteiger partial charge >= 0.3 is 5.97 Å². The molecule has 1 aliphatic heterocycles. The average Bonchev–Trinajstić information content (AvgIpc) is 2.78. The molecule has 112 valence electrons. The molecule has 0 radical (unpaired) electrons. The van der Waals surface area contributed by atoms with Gasteiger partial charge in [-0.3, -0.25) is 9.59 Å². The van der Waals surface area contributed by atoms with Gasteiger partial charge in [0.1, 0.15) is 11.8 Å². The summed E-state index contributed by atoms with van der Waals surface area (Å²) in [6.45, 7) is 0.0966. The van der Waals surface area contributed by atoms with Crippen molar-refractivity contribution in [1.82, 2.24) is 4.90 Å². The number of primary amides is 1. The number of hydrogen-bond donors (Lipinski definition) is 2. The molecule has 7 heteroatoms. The molecule has 2 amide bonds. The fourth-order valence-corrected chi connectivity index (χ4v) is 2.41. The zero-order valence-electron chi connectivity index (χ0n) is 11.5. The van der Waals surface area contributed by atoms with Crippen molar-refractivity contribution in [2.45, 2.75) is 25.4 Å². The Morgan fingerprint density at radius 1 is 1.48 bits per heavy atom. The molecule has 1 heterocycles. The van der Waals surface area contributed by atoms with Gasteiger partial charge in [-0.2, -0.15) is 0 Å². The van der Waals surface area contributed by atoms with E-state index in [1.54, 1.807) is 12.1 Å². The number of fused-ring (bicyclic) bond motifs is 1. The molecule has 3 N–H and O–H groups in total. The maximum Gasteiger partial charge on any atom is 0.328 e. The minimum atomic E-state index is -0.901. The number of amides is 2. The number of nitrogens with zero attached hydrogens (tertiary/aromatic N) is 1. The number of methoxy groups -OCH3 is 1. The molecule has 1 unspecified atom stereocenters. The molecule has 2 rings (SSSR count). The minimum Gasteiger partial charge on any atom is -0.508 e. The van der Waals surface area contributed by atoms with Crippen LogP contribution in [-0.4, -0.2) is 40.9 Å². The van der Waals surface area contributed by atoms with Crippen molar-refractivity contribution in [2.24, 2.45) is 5.73 Å². The summed E-state index contributed by atoms with van der Waals surface area (Å²) in [5.74, 6) is -1.55. The van der Waals surface area contributed by atoms with E-state index in [0.717, 1.165) is 0 Å². The first-order valence-electron chi connectivity index (χ1n) is 6.43. The van der Waals surface area contributed by atoms with E-state index in [9.17, 15) is 19.5 Å². The highest BCUT2D eigenvalue weighted by Crippen LogP contribution is 2.32. The smallest absolute Gasteiger partial charge is 0.328 e. The number of rotatable bonds is 5. The molecule has 21 heavy (non-hydrogen) atoms. The first-order chi connectivity index (χ1) is 9.95. The summed E-state index contributed by atoms with van der Waals surface area (Å²) in [5, 5.41) is 9.79. The summed E-state index contributed by atoms with van der Waals surface area (Å²) in [6.07, 6.45) is 0.0500. The Kier molecular flexibility index (Phi) is 4.11. The van der Waals surface area contributed by atoms with Gasteiger partial charge in [0.2, 0.25) is 5.91 Å². The molecular weight excluding hydrogens is 276 g/mol. The van der Waals surface area contributed by atoms with Crippen LogP contribution in [-0.2, 0) is 20.9 Å². The minimum absolute atomic E-state index is 0.00173. The number of esters is 1. The van der Waals surface area contributed by atoms with Crippen molar-refractivity contribution in [2.75, 3.05) is 7.11 Å². The number of benzene rings is 1. The molecule has 0 spiro atoms. The number of phenolic OH excluding ortho intramolecular Hbond substituents is 1. The number of aromatic hydroxyl groups is 1. The summed E-state index contributed by atoms with van der Waals surface area (Å²) in [6, 6.07) is 3.72. The first-order valence-corrected chi connectivity index (χ1v) is 6.43. The summed E-state index contributed by atoms with van der Waals surface area (Å²) in [5.41, 5.74) is 5.91. The second-order valence-corrected chi connectivity index (χ2v) is 4.78. The number of carbonyl (C=O) groups excluding carboxylic acids is 3. The molecule has 0 aromatic heterocycles. The normalized spacial score (nSPS) is 14.7. The van der Waals surface area contributed by atoms with Crippen LogP contribution in [0.3, 0.4) is 0 Å². The predicted molar refractivity (Wildman–Crippen MR) is 72.2 cm³/mol. The van der Waals surface area contributed by atoms with E-state index >= 15 is 0 Å². The van der Waals surface area contributed by atoms with E-state index in [2.05, 4.69) is 4.74 Å². The van der Waals surface area contributed by atoms with Crippen LogP contribution in [0.2, 0.25) is 0 Å². The SMILES string of the molecule is COC(=O)C(CCC(N)=O)N1Cc2c(O)cccc2C1=O. The van der Waals surface area contributed by atoms with Crippen LogP contribution in [0.1, 0.15) is 28.8 Å². The van der Waals surface area contributed by atoms with Gasteiger partial charge in [-0.25, -0.2) is 4.79 Å². The Hall–Kier alpha value is -2.57. The van der Waals surface area contributed by atoms with Gasteiger partial charge in [0.25, 0.3) is 5.91 Å². The predicted octanol–water partition coefficient (Wildman–Crippen LogP) is 0.155. The lowest BCUT2D eigenvalue weighted by Gasteiger charge is -2.25. The van der Waals surface area contributed by atoms with Crippen LogP contribution >= 0.6 is 0 Å². The van der Waals surface area contributed by atoms with Crippen molar-refractivity contribution in [1.29, 1.82) is 0 Å². The Balaban J connectivity index is 2.27. The van der Waals surface area contributed by atoms with Crippen LogP contribution in [0.5, 0.6) is 5.75 Å². The van der Waals surface area contributed by atoms with Gasteiger partial charge in [-0.1, -0.05) is 6.07 Å². The van der Waals surface area contributed by atoms with E-state index in [4.69, 9.17) is 5.73 Å². The Morgan fingerprint density at radius 3 is 2.76 bits per heavy atom. The topological polar surface area (TPSA) is 110 Å². The Labute approximate surface area is 121 Å². The molecule has 1 aromatic carbocycles. The van der Waals surface area contributed by atoms with Gasteiger partial charge in [0.05, 0.1) is 13.7 Å². The zero-order chi connectivity index (χ0) is 15.6. The van der Waals surface area contributed by atoms with Crippen LogP contribution in [0.25, 0.3) is 0 Å². The second kappa shape index (κ2) is 5.82. The highest BCUT2D eigenvalue weighted by Gasteiger charge is 2.38. The third-order valence-electron chi connectivity index (χ3n) is 3.48. The first kappa shape index (κ1) is 14.8. The Bertz CT molecular complexity index is 599. The molecular formula is C14H16N2O5. The summed E-state index contributed by atoms with van der Waals surface area (Å²) < 4.78 is 4.69. The highest BCUT2D eigenvalue weighted by atomic mass is 16.5. The molecule has 0 bridgehead atoms. The standard InChI is InChI=1S/C14H16N2O5/c1-21-14(20)10(5-6-12(15)18)16-7-9-8(13(16)19)3-2-4-11(9)17/h2-4,10,17H,5-7H2,1H3,(H2,15,18). The molecule has 7 nitrogen and oxygen atoms in total. The third kappa shape index (κ3) is 2.81. The van der Waals surface area contributed by atoms with Crippen molar-refractivity contribution in [3.63, 3.8) is 0 Å². The van der Waals surface area contributed by atoms with Crippen LogP contribution in [0.4, 0.5) is 0 Å². The third-order valence-corrected chi connectivity index (χ3v) is 3.48. The molecule has 1 atom stereocenters. The van der Waals surface area contributed by atoms with E-state index in [1.807, 2.05) is 0 Å².